The van der Waals surface area contributed by atoms with E-state index in [4.69, 9.17) is 10.2 Å². The third kappa shape index (κ3) is 3.74. The van der Waals surface area contributed by atoms with Gasteiger partial charge >= 0.3 is 11.9 Å². The van der Waals surface area contributed by atoms with E-state index >= 15 is 0 Å². The molecule has 0 spiro atoms. The quantitative estimate of drug-likeness (QED) is 0.816. The molecule has 0 heterocycles. The number of carbonyl (C=O) groups is 2. The second-order valence-electron chi connectivity index (χ2n) is 3.30. The average molecular weight is 319 g/mol. The summed E-state index contributed by atoms with van der Waals surface area (Å²) in [5.41, 5.74) is 0.134. The molecule has 0 bridgehead atoms. The van der Waals surface area contributed by atoms with Crippen LogP contribution >= 0.6 is 27.7 Å². The van der Waals surface area contributed by atoms with Gasteiger partial charge in [0.05, 0.1) is 5.56 Å². The van der Waals surface area contributed by atoms with Crippen LogP contribution in [0.5, 0.6) is 0 Å². The van der Waals surface area contributed by atoms with Gasteiger partial charge in [-0.1, -0.05) is 6.92 Å². The maximum Gasteiger partial charge on any atom is 0.336 e. The van der Waals surface area contributed by atoms with Crippen LogP contribution < -0.4 is 0 Å². The summed E-state index contributed by atoms with van der Waals surface area (Å²) in [4.78, 5) is 22.4. The molecular weight excluding hydrogens is 308 g/mol. The summed E-state index contributed by atoms with van der Waals surface area (Å²) >= 11 is 4.29. The third-order valence-electron chi connectivity index (χ3n) is 2.09. The fourth-order valence-corrected chi connectivity index (χ4v) is 2.56. The summed E-state index contributed by atoms with van der Waals surface area (Å²) in [5.74, 6) is -1.93. The van der Waals surface area contributed by atoms with E-state index < -0.39 is 17.2 Å². The fraction of sp³-hybridized carbons (Fsp3) is 0.273. The molecule has 0 saturated carbocycles. The zero-order valence-corrected chi connectivity index (χ0v) is 11.4. The van der Waals surface area contributed by atoms with Crippen LogP contribution in [0.1, 0.15) is 23.7 Å². The molecule has 92 valence electrons. The number of thioether (sulfide) groups is 1. The topological polar surface area (TPSA) is 74.6 Å². The zero-order valence-electron chi connectivity index (χ0n) is 9.01. The van der Waals surface area contributed by atoms with Crippen LogP contribution in [0.4, 0.5) is 0 Å². The van der Waals surface area contributed by atoms with Gasteiger partial charge in [-0.2, -0.15) is 0 Å². The molecule has 0 saturated heterocycles. The van der Waals surface area contributed by atoms with Gasteiger partial charge in [0.2, 0.25) is 0 Å². The standard InChI is InChI=1S/C11H11BrO4S/c1-2-9(11(15)16)17-6-3-4-8(12)7(5-6)10(13)14/h3-5,9H,2H2,1H3,(H,13,14)(H,15,16). The maximum absolute atomic E-state index is 10.9. The minimum atomic E-state index is -1.04. The lowest BCUT2D eigenvalue weighted by Crippen LogP contribution is -2.14. The molecule has 1 unspecified atom stereocenters. The van der Waals surface area contributed by atoms with E-state index in [1.165, 1.54) is 6.07 Å². The fourth-order valence-electron chi connectivity index (χ4n) is 1.21. The highest BCUT2D eigenvalue weighted by Gasteiger charge is 2.18. The number of hydrogen-bond donors (Lipinski definition) is 2. The minimum Gasteiger partial charge on any atom is -0.480 e. The van der Waals surface area contributed by atoms with Gasteiger partial charge in [-0.3, -0.25) is 4.79 Å². The molecule has 6 heteroatoms. The number of hydrogen-bond acceptors (Lipinski definition) is 3. The molecule has 0 aliphatic rings. The van der Waals surface area contributed by atoms with E-state index in [1.807, 2.05) is 0 Å². The molecule has 1 aromatic carbocycles. The van der Waals surface area contributed by atoms with Crippen LogP contribution in [0, 0.1) is 0 Å². The molecule has 1 atom stereocenters. The Morgan fingerprint density at radius 1 is 1.41 bits per heavy atom. The Kier molecular flexibility index (Phi) is 5.02. The Hall–Kier alpha value is -1.01. The van der Waals surface area contributed by atoms with E-state index in [-0.39, 0.29) is 5.56 Å². The SMILES string of the molecule is CCC(Sc1ccc(Br)c(C(=O)O)c1)C(=O)O. The van der Waals surface area contributed by atoms with Gasteiger partial charge in [-0.25, -0.2) is 4.79 Å². The van der Waals surface area contributed by atoms with Gasteiger partial charge < -0.3 is 10.2 Å². The molecule has 0 aliphatic carbocycles. The Morgan fingerprint density at radius 3 is 2.53 bits per heavy atom. The summed E-state index contributed by atoms with van der Waals surface area (Å²) in [5, 5.41) is 17.3. The van der Waals surface area contributed by atoms with Gasteiger partial charge in [0.15, 0.2) is 0 Å². The first kappa shape index (κ1) is 14.1. The Labute approximate surface area is 111 Å². The number of benzene rings is 1. The number of rotatable bonds is 5. The Morgan fingerprint density at radius 2 is 2.06 bits per heavy atom. The molecule has 2 N–H and O–H groups in total. The van der Waals surface area contributed by atoms with Crippen LogP contribution in [0.2, 0.25) is 0 Å². The number of halogens is 1. The van der Waals surface area contributed by atoms with Gasteiger partial charge in [-0.05, 0) is 40.5 Å². The second kappa shape index (κ2) is 6.07. The highest BCUT2D eigenvalue weighted by molar-refractivity contribution is 9.10. The number of aliphatic carboxylic acids is 1. The van der Waals surface area contributed by atoms with E-state index in [1.54, 1.807) is 19.1 Å². The summed E-state index contributed by atoms with van der Waals surface area (Å²) in [6.45, 7) is 1.78. The van der Waals surface area contributed by atoms with Crippen LogP contribution in [0.15, 0.2) is 27.6 Å². The molecule has 0 fully saturated rings. The molecule has 17 heavy (non-hydrogen) atoms. The van der Waals surface area contributed by atoms with Crippen LogP contribution in [-0.4, -0.2) is 27.4 Å². The van der Waals surface area contributed by atoms with Crippen molar-refractivity contribution < 1.29 is 19.8 Å². The van der Waals surface area contributed by atoms with Gasteiger partial charge in [-0.15, -0.1) is 11.8 Å². The predicted octanol–water partition coefficient (Wildman–Crippen LogP) is 3.10. The number of carboxylic acids is 2. The lowest BCUT2D eigenvalue weighted by Gasteiger charge is -2.10. The van der Waals surface area contributed by atoms with Gasteiger partial charge in [0.25, 0.3) is 0 Å². The second-order valence-corrected chi connectivity index (χ2v) is 5.43. The monoisotopic (exact) mass is 318 g/mol. The lowest BCUT2D eigenvalue weighted by atomic mass is 10.2. The van der Waals surface area contributed by atoms with Gasteiger partial charge in [0.1, 0.15) is 5.25 Å². The molecule has 0 radical (unpaired) electrons. The summed E-state index contributed by atoms with van der Waals surface area (Å²) in [6, 6.07) is 4.79. The van der Waals surface area contributed by atoms with Gasteiger partial charge in [0, 0.05) is 9.37 Å². The molecule has 0 aliphatic heterocycles. The predicted molar refractivity (Wildman–Crippen MR) is 68.7 cm³/mol. The number of aromatic carboxylic acids is 1. The van der Waals surface area contributed by atoms with Crippen LogP contribution in [0.3, 0.4) is 0 Å². The Bertz CT molecular complexity index is 447. The van der Waals surface area contributed by atoms with Crippen molar-refractivity contribution in [1.82, 2.24) is 0 Å². The maximum atomic E-state index is 10.9. The minimum absolute atomic E-state index is 0.134. The average Bonchev–Trinajstić information content (AvgIpc) is 2.27. The molecule has 0 aromatic heterocycles. The third-order valence-corrected chi connectivity index (χ3v) is 4.13. The molecule has 1 rings (SSSR count). The van der Waals surface area contributed by atoms with Crippen molar-refractivity contribution in [3.8, 4) is 0 Å². The highest BCUT2D eigenvalue weighted by Crippen LogP contribution is 2.29. The summed E-state index contributed by atoms with van der Waals surface area (Å²) in [7, 11) is 0. The normalized spacial score (nSPS) is 12.1. The first-order valence-corrected chi connectivity index (χ1v) is 6.55. The van der Waals surface area contributed by atoms with Crippen molar-refractivity contribution in [3.05, 3.63) is 28.2 Å². The Balaban J connectivity index is 2.96. The smallest absolute Gasteiger partial charge is 0.336 e. The number of carboxylic acid groups (broad SMARTS) is 2. The highest BCUT2D eigenvalue weighted by atomic mass is 79.9. The summed E-state index contributed by atoms with van der Waals surface area (Å²) < 4.78 is 0.484. The van der Waals surface area contributed by atoms with E-state index in [0.717, 1.165) is 11.8 Å². The van der Waals surface area contributed by atoms with E-state index in [2.05, 4.69) is 15.9 Å². The first-order chi connectivity index (χ1) is 7.95. The molecule has 4 nitrogen and oxygen atoms in total. The van der Waals surface area contributed by atoms with E-state index in [9.17, 15) is 9.59 Å². The van der Waals surface area contributed by atoms with Crippen LogP contribution in [0.25, 0.3) is 0 Å². The lowest BCUT2D eigenvalue weighted by molar-refractivity contribution is -0.136. The van der Waals surface area contributed by atoms with Crippen molar-refractivity contribution in [1.29, 1.82) is 0 Å². The molecule has 1 aromatic rings. The van der Waals surface area contributed by atoms with Crippen molar-refractivity contribution in [2.75, 3.05) is 0 Å². The first-order valence-electron chi connectivity index (χ1n) is 4.88. The van der Waals surface area contributed by atoms with E-state index in [0.29, 0.717) is 15.8 Å². The molecule has 0 amide bonds. The zero-order chi connectivity index (χ0) is 13.0. The molecular formula is C11H11BrO4S. The van der Waals surface area contributed by atoms with Crippen LogP contribution in [-0.2, 0) is 4.79 Å². The summed E-state index contributed by atoms with van der Waals surface area (Å²) in [6.07, 6.45) is 0.485. The van der Waals surface area contributed by atoms with Crippen molar-refractivity contribution in [3.63, 3.8) is 0 Å². The van der Waals surface area contributed by atoms with Crippen molar-refractivity contribution >= 4 is 39.6 Å². The van der Waals surface area contributed by atoms with Crippen molar-refractivity contribution in [2.24, 2.45) is 0 Å². The van der Waals surface area contributed by atoms with Crippen molar-refractivity contribution in [2.45, 2.75) is 23.5 Å². The largest absolute Gasteiger partial charge is 0.480 e.